The van der Waals surface area contributed by atoms with E-state index in [-0.39, 0.29) is 5.69 Å². The van der Waals surface area contributed by atoms with Gasteiger partial charge in [0.15, 0.2) is 0 Å². The fourth-order valence-electron chi connectivity index (χ4n) is 1.37. The summed E-state index contributed by atoms with van der Waals surface area (Å²) >= 11 is 2.52. The molecule has 1 N–H and O–H groups in total. The van der Waals surface area contributed by atoms with E-state index in [9.17, 15) is 15.2 Å². The molecule has 0 unspecified atom stereocenters. The van der Waals surface area contributed by atoms with E-state index in [1.54, 1.807) is 26.2 Å². The van der Waals surface area contributed by atoms with Gasteiger partial charge < -0.3 is 9.52 Å². The molecular weight excluding hydrogens is 274 g/mol. The van der Waals surface area contributed by atoms with Crippen LogP contribution in [-0.4, -0.2) is 10.0 Å². The first-order chi connectivity index (χ1) is 8.49. The van der Waals surface area contributed by atoms with Crippen molar-refractivity contribution in [2.24, 2.45) is 0 Å². The van der Waals surface area contributed by atoms with Crippen molar-refractivity contribution in [2.45, 2.75) is 29.1 Å². The van der Waals surface area contributed by atoms with Crippen molar-refractivity contribution in [1.29, 1.82) is 0 Å². The minimum absolute atomic E-state index is 0.0292. The molecule has 0 amide bonds. The fraction of sp³-hybridized carbons (Fsp3) is 0.273. The van der Waals surface area contributed by atoms with Crippen LogP contribution in [0.1, 0.15) is 23.7 Å². The van der Waals surface area contributed by atoms with Gasteiger partial charge in [0, 0.05) is 10.9 Å². The first-order valence-electron chi connectivity index (χ1n) is 5.17. The lowest BCUT2D eigenvalue weighted by Crippen LogP contribution is -1.87. The van der Waals surface area contributed by atoms with Gasteiger partial charge in [-0.3, -0.25) is 10.1 Å². The monoisotopic (exact) mass is 285 g/mol. The van der Waals surface area contributed by atoms with Crippen LogP contribution in [0.15, 0.2) is 31.9 Å². The number of aryl methyl sites for hydroxylation is 1. The Hall–Kier alpha value is -1.31. The summed E-state index contributed by atoms with van der Waals surface area (Å²) in [7, 11) is 0. The number of thiophene rings is 1. The second kappa shape index (κ2) is 5.13. The molecule has 0 radical (unpaired) electrons. The highest BCUT2D eigenvalue weighted by Crippen LogP contribution is 2.43. The van der Waals surface area contributed by atoms with Crippen LogP contribution >= 0.6 is 23.1 Å². The van der Waals surface area contributed by atoms with E-state index in [1.165, 1.54) is 29.2 Å². The van der Waals surface area contributed by atoms with Crippen molar-refractivity contribution < 1.29 is 14.4 Å². The molecule has 1 atom stereocenters. The summed E-state index contributed by atoms with van der Waals surface area (Å²) in [6.07, 6.45) is 0.848. The Kier molecular flexibility index (Phi) is 3.74. The van der Waals surface area contributed by atoms with Crippen LogP contribution in [0.3, 0.4) is 0 Å². The zero-order valence-electron chi connectivity index (χ0n) is 9.75. The van der Waals surface area contributed by atoms with Gasteiger partial charge in [0.1, 0.15) is 9.97 Å². The number of hydrogen-bond donors (Lipinski definition) is 1. The van der Waals surface area contributed by atoms with Crippen LogP contribution in [0.2, 0.25) is 0 Å². The number of aliphatic hydroxyl groups is 1. The van der Waals surface area contributed by atoms with Gasteiger partial charge in [-0.25, -0.2) is 0 Å². The Morgan fingerprint density at radius 2 is 2.33 bits per heavy atom. The number of nitro groups is 1. The minimum atomic E-state index is -0.700. The quantitative estimate of drug-likeness (QED) is 0.683. The summed E-state index contributed by atoms with van der Waals surface area (Å²) < 4.78 is 5.71. The SMILES string of the molecule is Cc1occc1Sc1sc([C@@H](C)O)cc1[N+](=O)[O-]. The minimum Gasteiger partial charge on any atom is -0.468 e. The van der Waals surface area contributed by atoms with Crippen LogP contribution in [0.5, 0.6) is 0 Å². The van der Waals surface area contributed by atoms with Gasteiger partial charge in [-0.05, 0) is 19.9 Å². The molecule has 0 saturated carbocycles. The van der Waals surface area contributed by atoms with E-state index in [4.69, 9.17) is 4.42 Å². The molecule has 0 bridgehead atoms. The fourth-order valence-corrected chi connectivity index (χ4v) is 3.64. The van der Waals surface area contributed by atoms with Crippen molar-refractivity contribution in [1.82, 2.24) is 0 Å². The molecule has 0 aliphatic carbocycles. The van der Waals surface area contributed by atoms with Crippen LogP contribution in [0.4, 0.5) is 5.69 Å². The highest BCUT2D eigenvalue weighted by Gasteiger charge is 2.22. The lowest BCUT2D eigenvalue weighted by Gasteiger charge is -1.97. The third-order valence-corrected chi connectivity index (χ3v) is 4.95. The zero-order valence-corrected chi connectivity index (χ0v) is 11.4. The van der Waals surface area contributed by atoms with Crippen molar-refractivity contribution in [3.05, 3.63) is 39.1 Å². The van der Waals surface area contributed by atoms with Gasteiger partial charge in [0.25, 0.3) is 5.69 Å². The second-order valence-electron chi connectivity index (χ2n) is 3.70. The Labute approximate surface area is 112 Å². The molecule has 0 aliphatic rings. The molecular formula is C11H11NO4S2. The molecule has 18 heavy (non-hydrogen) atoms. The maximum atomic E-state index is 11.0. The molecule has 0 aliphatic heterocycles. The number of hydrogen-bond acceptors (Lipinski definition) is 6. The molecule has 96 valence electrons. The summed E-state index contributed by atoms with van der Waals surface area (Å²) in [5, 5.41) is 20.4. The molecule has 0 saturated heterocycles. The Balaban J connectivity index is 2.37. The third-order valence-electron chi connectivity index (χ3n) is 2.32. The first-order valence-corrected chi connectivity index (χ1v) is 6.80. The van der Waals surface area contributed by atoms with Crippen LogP contribution in [-0.2, 0) is 0 Å². The van der Waals surface area contributed by atoms with Crippen LogP contribution in [0.25, 0.3) is 0 Å². The van der Waals surface area contributed by atoms with Gasteiger partial charge in [-0.1, -0.05) is 11.8 Å². The van der Waals surface area contributed by atoms with Crippen molar-refractivity contribution >= 4 is 28.8 Å². The van der Waals surface area contributed by atoms with E-state index in [0.29, 0.717) is 9.09 Å². The van der Waals surface area contributed by atoms with E-state index in [1.807, 2.05) is 0 Å². The predicted octanol–water partition coefficient (Wildman–Crippen LogP) is 3.76. The summed E-state index contributed by atoms with van der Waals surface area (Å²) in [4.78, 5) is 12.0. The number of aliphatic hydroxyl groups excluding tert-OH is 1. The number of nitrogens with zero attached hydrogens (tertiary/aromatic N) is 1. The lowest BCUT2D eigenvalue weighted by atomic mass is 10.3. The molecule has 2 heterocycles. The summed E-state index contributed by atoms with van der Waals surface area (Å²) in [6.45, 7) is 3.39. The average molecular weight is 285 g/mol. The number of furan rings is 1. The molecule has 0 aromatic carbocycles. The van der Waals surface area contributed by atoms with Crippen molar-refractivity contribution in [2.75, 3.05) is 0 Å². The molecule has 2 aromatic rings. The van der Waals surface area contributed by atoms with Crippen LogP contribution < -0.4 is 0 Å². The van der Waals surface area contributed by atoms with E-state index in [0.717, 1.165) is 10.7 Å². The summed E-state index contributed by atoms with van der Waals surface area (Å²) in [5.41, 5.74) is 0.0292. The smallest absolute Gasteiger partial charge is 0.294 e. The molecule has 2 rings (SSSR count). The van der Waals surface area contributed by atoms with Crippen LogP contribution in [0, 0.1) is 17.0 Å². The summed E-state index contributed by atoms with van der Waals surface area (Å²) in [5.74, 6) is 0.723. The van der Waals surface area contributed by atoms with Gasteiger partial charge >= 0.3 is 0 Å². The normalized spacial score (nSPS) is 12.6. The van der Waals surface area contributed by atoms with Crippen molar-refractivity contribution in [3.8, 4) is 0 Å². The van der Waals surface area contributed by atoms with Gasteiger partial charge in [0.2, 0.25) is 0 Å². The predicted molar refractivity (Wildman–Crippen MR) is 69.2 cm³/mol. The van der Waals surface area contributed by atoms with Gasteiger partial charge in [0.05, 0.1) is 22.2 Å². The standard InChI is InChI=1S/C11H11NO4S2/c1-6(13)10-5-8(12(14)15)11(18-10)17-9-3-4-16-7(9)2/h3-6,13H,1-2H3/t6-/m1/s1. The molecule has 7 heteroatoms. The maximum absolute atomic E-state index is 11.0. The van der Waals surface area contributed by atoms with E-state index in [2.05, 4.69) is 0 Å². The largest absolute Gasteiger partial charge is 0.468 e. The van der Waals surface area contributed by atoms with E-state index < -0.39 is 11.0 Å². The first kappa shape index (κ1) is 13.1. The zero-order chi connectivity index (χ0) is 13.3. The van der Waals surface area contributed by atoms with Crippen molar-refractivity contribution in [3.63, 3.8) is 0 Å². The molecule has 0 fully saturated rings. The Morgan fingerprint density at radius 1 is 1.61 bits per heavy atom. The summed E-state index contributed by atoms with van der Waals surface area (Å²) in [6, 6.07) is 3.19. The number of rotatable bonds is 4. The van der Waals surface area contributed by atoms with Gasteiger partial charge in [-0.2, -0.15) is 0 Å². The van der Waals surface area contributed by atoms with E-state index >= 15 is 0 Å². The Bertz CT molecular complexity index is 573. The highest BCUT2D eigenvalue weighted by atomic mass is 32.2. The third kappa shape index (κ3) is 2.58. The Morgan fingerprint density at radius 3 is 2.83 bits per heavy atom. The molecule has 2 aromatic heterocycles. The molecule has 0 spiro atoms. The average Bonchev–Trinajstić information content (AvgIpc) is 2.87. The highest BCUT2D eigenvalue weighted by molar-refractivity contribution is 8.01. The maximum Gasteiger partial charge on any atom is 0.294 e. The second-order valence-corrected chi connectivity index (χ2v) is 6.09. The van der Waals surface area contributed by atoms with Gasteiger partial charge in [-0.15, -0.1) is 11.3 Å². The lowest BCUT2D eigenvalue weighted by molar-refractivity contribution is -0.387. The molecule has 5 nitrogen and oxygen atoms in total. The topological polar surface area (TPSA) is 76.5 Å².